The van der Waals surface area contributed by atoms with Crippen molar-refractivity contribution in [2.45, 2.75) is 19.5 Å². The van der Waals surface area contributed by atoms with Gasteiger partial charge in [-0.3, -0.25) is 0 Å². The van der Waals surface area contributed by atoms with E-state index in [9.17, 15) is 4.79 Å². The predicted molar refractivity (Wildman–Crippen MR) is 65.2 cm³/mol. The Kier molecular flexibility index (Phi) is 3.61. The second-order valence-electron chi connectivity index (χ2n) is 3.69. The number of carboxylic acid groups (broad SMARTS) is 1. The average molecular weight is 251 g/mol. The Hall–Kier alpha value is -1.59. The van der Waals surface area contributed by atoms with Crippen molar-refractivity contribution in [2.75, 3.05) is 0 Å². The maximum atomic E-state index is 10.6. The van der Waals surface area contributed by atoms with E-state index >= 15 is 0 Å². The van der Waals surface area contributed by atoms with Crippen molar-refractivity contribution in [3.05, 3.63) is 46.0 Å². The Morgan fingerprint density at radius 3 is 2.94 bits per heavy atom. The Labute approximate surface area is 103 Å². The van der Waals surface area contributed by atoms with Gasteiger partial charge >= 0.3 is 5.97 Å². The second kappa shape index (κ2) is 5.16. The van der Waals surface area contributed by atoms with Crippen LogP contribution in [0.4, 0.5) is 0 Å². The summed E-state index contributed by atoms with van der Waals surface area (Å²) in [4.78, 5) is 11.9. The van der Waals surface area contributed by atoms with Crippen LogP contribution >= 0.6 is 11.3 Å². The van der Waals surface area contributed by atoms with Gasteiger partial charge in [-0.2, -0.15) is 0 Å². The summed E-state index contributed by atoms with van der Waals surface area (Å²) in [5.41, 5.74) is 0. The summed E-state index contributed by atoms with van der Waals surface area (Å²) in [5, 5.41) is 14.0. The van der Waals surface area contributed by atoms with Crippen LogP contribution in [0.1, 0.15) is 34.2 Å². The Morgan fingerprint density at radius 1 is 1.53 bits per heavy atom. The zero-order valence-corrected chi connectivity index (χ0v) is 10.2. The molecule has 2 rings (SSSR count). The molecule has 2 N–H and O–H groups in total. The fourth-order valence-electron chi connectivity index (χ4n) is 1.48. The number of furan rings is 1. The third-order valence-electron chi connectivity index (χ3n) is 2.42. The van der Waals surface area contributed by atoms with E-state index in [4.69, 9.17) is 9.52 Å². The van der Waals surface area contributed by atoms with Crippen LogP contribution in [0.25, 0.3) is 0 Å². The molecule has 0 aromatic carbocycles. The molecule has 0 radical (unpaired) electrons. The fraction of sp³-hybridized carbons (Fsp3) is 0.250. The first kappa shape index (κ1) is 11.9. The molecular weight excluding hydrogens is 238 g/mol. The summed E-state index contributed by atoms with van der Waals surface area (Å²) in [5.74, 6) is -0.432. The molecule has 5 heteroatoms. The monoisotopic (exact) mass is 251 g/mol. The molecule has 17 heavy (non-hydrogen) atoms. The van der Waals surface area contributed by atoms with Crippen molar-refractivity contribution in [1.29, 1.82) is 0 Å². The van der Waals surface area contributed by atoms with Gasteiger partial charge < -0.3 is 14.8 Å². The van der Waals surface area contributed by atoms with Gasteiger partial charge in [-0.25, -0.2) is 4.79 Å². The van der Waals surface area contributed by atoms with Gasteiger partial charge in [0.15, 0.2) is 0 Å². The molecular formula is C12H13NO3S. The smallest absolute Gasteiger partial charge is 0.371 e. The summed E-state index contributed by atoms with van der Waals surface area (Å²) in [6, 6.07) is 7.45. The maximum absolute atomic E-state index is 10.6. The molecule has 0 aliphatic carbocycles. The van der Waals surface area contributed by atoms with Crippen molar-refractivity contribution < 1.29 is 14.3 Å². The molecule has 0 saturated carbocycles. The Bertz CT molecular complexity index is 490. The third kappa shape index (κ3) is 2.95. The highest BCUT2D eigenvalue weighted by Crippen LogP contribution is 2.18. The lowest BCUT2D eigenvalue weighted by molar-refractivity contribution is 0.0660. The minimum atomic E-state index is -1.04. The number of thiophene rings is 1. The minimum Gasteiger partial charge on any atom is -0.475 e. The molecule has 0 fully saturated rings. The lowest BCUT2D eigenvalue weighted by atomic mass is 10.2. The summed E-state index contributed by atoms with van der Waals surface area (Å²) in [6.07, 6.45) is 0. The molecule has 0 aliphatic heterocycles. The van der Waals surface area contributed by atoms with E-state index in [0.717, 1.165) is 0 Å². The molecule has 2 aromatic heterocycles. The van der Waals surface area contributed by atoms with Gasteiger partial charge in [0.25, 0.3) is 0 Å². The molecule has 2 aromatic rings. The topological polar surface area (TPSA) is 62.5 Å². The number of aromatic carboxylic acids is 1. The van der Waals surface area contributed by atoms with Gasteiger partial charge in [-0.15, -0.1) is 11.3 Å². The molecule has 4 nitrogen and oxygen atoms in total. The minimum absolute atomic E-state index is 0.0226. The van der Waals surface area contributed by atoms with E-state index in [0.29, 0.717) is 12.3 Å². The van der Waals surface area contributed by atoms with Crippen LogP contribution in [-0.4, -0.2) is 11.1 Å². The third-order valence-corrected chi connectivity index (χ3v) is 3.48. The van der Waals surface area contributed by atoms with E-state index < -0.39 is 5.97 Å². The molecule has 1 atom stereocenters. The van der Waals surface area contributed by atoms with E-state index in [1.165, 1.54) is 10.9 Å². The summed E-state index contributed by atoms with van der Waals surface area (Å²) in [7, 11) is 0. The Balaban J connectivity index is 1.91. The number of hydrogen-bond acceptors (Lipinski definition) is 4. The molecule has 0 aliphatic rings. The van der Waals surface area contributed by atoms with Gasteiger partial charge in [0, 0.05) is 10.9 Å². The SMILES string of the molecule is C[C@@H](NCc1ccc(C(=O)O)o1)c1cccs1. The van der Waals surface area contributed by atoms with Crippen LogP contribution < -0.4 is 5.32 Å². The normalized spacial score (nSPS) is 12.5. The molecule has 0 amide bonds. The van der Waals surface area contributed by atoms with Gasteiger partial charge in [-0.1, -0.05) is 6.07 Å². The average Bonchev–Trinajstić information content (AvgIpc) is 2.97. The Morgan fingerprint density at radius 2 is 2.35 bits per heavy atom. The number of hydrogen-bond donors (Lipinski definition) is 2. The summed E-state index contributed by atoms with van der Waals surface area (Å²) >= 11 is 1.69. The van der Waals surface area contributed by atoms with Gasteiger partial charge in [-0.05, 0) is 30.5 Å². The van der Waals surface area contributed by atoms with E-state index in [1.54, 1.807) is 17.4 Å². The first-order valence-corrected chi connectivity index (χ1v) is 6.13. The number of carbonyl (C=O) groups is 1. The molecule has 2 heterocycles. The summed E-state index contributed by atoms with van der Waals surface area (Å²) < 4.78 is 5.15. The van der Waals surface area contributed by atoms with Crippen LogP contribution in [0.3, 0.4) is 0 Å². The fourth-order valence-corrected chi connectivity index (χ4v) is 2.24. The maximum Gasteiger partial charge on any atom is 0.371 e. The zero-order valence-electron chi connectivity index (χ0n) is 9.34. The highest BCUT2D eigenvalue weighted by molar-refractivity contribution is 7.10. The molecule has 90 valence electrons. The molecule has 0 unspecified atom stereocenters. The first-order valence-electron chi connectivity index (χ1n) is 5.25. The van der Waals surface area contributed by atoms with E-state index in [1.807, 2.05) is 11.4 Å². The van der Waals surface area contributed by atoms with Gasteiger partial charge in [0.2, 0.25) is 5.76 Å². The van der Waals surface area contributed by atoms with Crippen LogP contribution in [0.2, 0.25) is 0 Å². The van der Waals surface area contributed by atoms with Gasteiger partial charge in [0.05, 0.1) is 6.54 Å². The van der Waals surface area contributed by atoms with Crippen molar-refractivity contribution in [1.82, 2.24) is 5.32 Å². The first-order chi connectivity index (χ1) is 8.16. The van der Waals surface area contributed by atoms with E-state index in [2.05, 4.69) is 18.3 Å². The largest absolute Gasteiger partial charge is 0.475 e. The quantitative estimate of drug-likeness (QED) is 0.857. The van der Waals surface area contributed by atoms with E-state index in [-0.39, 0.29) is 11.8 Å². The van der Waals surface area contributed by atoms with Crippen LogP contribution in [0, 0.1) is 0 Å². The lowest BCUT2D eigenvalue weighted by Crippen LogP contribution is -2.16. The second-order valence-corrected chi connectivity index (χ2v) is 4.67. The lowest BCUT2D eigenvalue weighted by Gasteiger charge is -2.10. The van der Waals surface area contributed by atoms with Crippen molar-refractivity contribution in [3.63, 3.8) is 0 Å². The zero-order chi connectivity index (χ0) is 12.3. The number of rotatable bonds is 5. The molecule has 0 saturated heterocycles. The predicted octanol–water partition coefficient (Wildman–Crippen LogP) is 2.89. The number of nitrogens with one attached hydrogen (secondary N) is 1. The van der Waals surface area contributed by atoms with Gasteiger partial charge in [0.1, 0.15) is 5.76 Å². The van der Waals surface area contributed by atoms with Crippen LogP contribution in [0.15, 0.2) is 34.1 Å². The van der Waals surface area contributed by atoms with Crippen molar-refractivity contribution >= 4 is 17.3 Å². The molecule has 0 bridgehead atoms. The highest BCUT2D eigenvalue weighted by atomic mass is 32.1. The highest BCUT2D eigenvalue weighted by Gasteiger charge is 2.10. The van der Waals surface area contributed by atoms with Crippen LogP contribution in [-0.2, 0) is 6.54 Å². The molecule has 0 spiro atoms. The standard InChI is InChI=1S/C12H13NO3S/c1-8(11-3-2-6-17-11)13-7-9-4-5-10(16-9)12(14)15/h2-6,8,13H,7H2,1H3,(H,14,15)/t8-/m1/s1. The summed E-state index contributed by atoms with van der Waals surface area (Å²) in [6.45, 7) is 2.58. The number of carboxylic acids is 1. The van der Waals surface area contributed by atoms with Crippen molar-refractivity contribution in [3.8, 4) is 0 Å². The van der Waals surface area contributed by atoms with Crippen molar-refractivity contribution in [2.24, 2.45) is 0 Å². The van der Waals surface area contributed by atoms with Crippen LogP contribution in [0.5, 0.6) is 0 Å².